The first-order chi connectivity index (χ1) is 4.59. The van der Waals surface area contributed by atoms with Crippen molar-refractivity contribution >= 4 is 5.91 Å². The van der Waals surface area contributed by atoms with Gasteiger partial charge in [-0.25, -0.2) is 0 Å². The van der Waals surface area contributed by atoms with Crippen molar-refractivity contribution in [1.29, 1.82) is 0 Å². The summed E-state index contributed by atoms with van der Waals surface area (Å²) in [6, 6.07) is 0. The molecule has 0 bridgehead atoms. The molecular formula is C7H14N2O. The zero-order valence-electron chi connectivity index (χ0n) is 6.48. The van der Waals surface area contributed by atoms with Crippen molar-refractivity contribution < 1.29 is 4.79 Å². The van der Waals surface area contributed by atoms with Crippen LogP contribution in [-0.4, -0.2) is 19.0 Å². The van der Waals surface area contributed by atoms with E-state index in [0.717, 1.165) is 6.54 Å². The van der Waals surface area contributed by atoms with Gasteiger partial charge >= 0.3 is 0 Å². The van der Waals surface area contributed by atoms with E-state index in [-0.39, 0.29) is 11.3 Å². The predicted molar refractivity (Wildman–Crippen MR) is 39.3 cm³/mol. The lowest BCUT2D eigenvalue weighted by molar-refractivity contribution is -0.127. The lowest BCUT2D eigenvalue weighted by atomic mass is 9.81. The maximum Gasteiger partial charge on any atom is 0.226 e. The largest absolute Gasteiger partial charge is 0.355 e. The van der Waals surface area contributed by atoms with Gasteiger partial charge in [0, 0.05) is 17.9 Å². The first kappa shape index (κ1) is 7.54. The van der Waals surface area contributed by atoms with Gasteiger partial charge < -0.3 is 11.1 Å². The number of nitrogens with two attached hydrogens (primary N) is 1. The van der Waals surface area contributed by atoms with E-state index in [0.29, 0.717) is 12.5 Å². The Balaban J connectivity index is 2.73. The highest BCUT2D eigenvalue weighted by atomic mass is 16.2. The van der Waals surface area contributed by atoms with Crippen LogP contribution >= 0.6 is 0 Å². The van der Waals surface area contributed by atoms with Gasteiger partial charge in [-0.2, -0.15) is 0 Å². The average molecular weight is 142 g/mol. The molecule has 1 rings (SSSR count). The summed E-state index contributed by atoms with van der Waals surface area (Å²) in [4.78, 5) is 11.1. The third-order valence-corrected chi connectivity index (χ3v) is 2.40. The Kier molecular flexibility index (Phi) is 1.68. The van der Waals surface area contributed by atoms with E-state index in [1.807, 2.05) is 13.8 Å². The summed E-state index contributed by atoms with van der Waals surface area (Å²) in [7, 11) is 0. The van der Waals surface area contributed by atoms with E-state index in [9.17, 15) is 4.79 Å². The van der Waals surface area contributed by atoms with Crippen LogP contribution in [0.1, 0.15) is 13.8 Å². The van der Waals surface area contributed by atoms with Gasteiger partial charge in [0.15, 0.2) is 0 Å². The van der Waals surface area contributed by atoms with Gasteiger partial charge in [0.1, 0.15) is 0 Å². The van der Waals surface area contributed by atoms with Gasteiger partial charge in [-0.1, -0.05) is 13.8 Å². The topological polar surface area (TPSA) is 55.1 Å². The molecule has 3 N–H and O–H groups in total. The fraction of sp³-hybridized carbons (Fsp3) is 0.857. The molecule has 1 unspecified atom stereocenters. The van der Waals surface area contributed by atoms with Crippen LogP contribution in [0, 0.1) is 11.3 Å². The molecule has 1 heterocycles. The molecule has 0 aliphatic carbocycles. The van der Waals surface area contributed by atoms with Crippen molar-refractivity contribution in [1.82, 2.24) is 5.32 Å². The number of amides is 1. The van der Waals surface area contributed by atoms with Crippen molar-refractivity contribution in [3.8, 4) is 0 Å². The minimum Gasteiger partial charge on any atom is -0.355 e. The van der Waals surface area contributed by atoms with Crippen LogP contribution in [0.3, 0.4) is 0 Å². The minimum atomic E-state index is -0.255. The number of hydrogen-bond acceptors (Lipinski definition) is 2. The van der Waals surface area contributed by atoms with Gasteiger partial charge in [0.25, 0.3) is 0 Å². The molecule has 1 amide bonds. The molecule has 3 heteroatoms. The third-order valence-electron chi connectivity index (χ3n) is 2.40. The van der Waals surface area contributed by atoms with Crippen molar-refractivity contribution in [2.45, 2.75) is 13.8 Å². The number of hydrogen-bond donors (Lipinski definition) is 2. The molecule has 1 saturated heterocycles. The second-order valence-electron chi connectivity index (χ2n) is 3.36. The van der Waals surface area contributed by atoms with Crippen molar-refractivity contribution in [3.05, 3.63) is 0 Å². The third kappa shape index (κ3) is 0.904. The molecule has 0 radical (unpaired) electrons. The summed E-state index contributed by atoms with van der Waals surface area (Å²) < 4.78 is 0. The maximum atomic E-state index is 11.1. The Morgan fingerprint density at radius 2 is 2.40 bits per heavy atom. The van der Waals surface area contributed by atoms with Crippen molar-refractivity contribution in [2.75, 3.05) is 13.1 Å². The zero-order chi connectivity index (χ0) is 7.78. The fourth-order valence-corrected chi connectivity index (χ4v) is 1.26. The summed E-state index contributed by atoms with van der Waals surface area (Å²) in [5.41, 5.74) is 5.22. The Morgan fingerprint density at radius 3 is 2.60 bits per heavy atom. The SMILES string of the molecule is CC1(C)C(=O)NCC1CN. The van der Waals surface area contributed by atoms with Crippen LogP contribution in [0.25, 0.3) is 0 Å². The molecule has 3 nitrogen and oxygen atoms in total. The molecule has 1 atom stereocenters. The molecule has 58 valence electrons. The van der Waals surface area contributed by atoms with E-state index >= 15 is 0 Å². The van der Waals surface area contributed by atoms with Crippen LogP contribution in [-0.2, 0) is 4.79 Å². The predicted octanol–water partition coefficient (Wildman–Crippen LogP) is -0.283. The summed E-state index contributed by atoms with van der Waals surface area (Å²) in [6.07, 6.45) is 0. The molecule has 0 spiro atoms. The van der Waals surface area contributed by atoms with Crippen molar-refractivity contribution in [2.24, 2.45) is 17.1 Å². The summed E-state index contributed by atoms with van der Waals surface area (Å²) in [6.45, 7) is 5.20. The van der Waals surface area contributed by atoms with E-state index in [4.69, 9.17) is 5.73 Å². The molecular weight excluding hydrogens is 128 g/mol. The Labute approximate surface area is 61.0 Å². The van der Waals surface area contributed by atoms with Gasteiger partial charge in [0.05, 0.1) is 0 Å². The normalized spacial score (nSPS) is 30.3. The number of carbonyl (C=O) groups excluding carboxylic acids is 1. The molecule has 0 aromatic carbocycles. The first-order valence-corrected chi connectivity index (χ1v) is 3.57. The van der Waals surface area contributed by atoms with Crippen LogP contribution in [0.2, 0.25) is 0 Å². The van der Waals surface area contributed by atoms with Crippen LogP contribution in [0.15, 0.2) is 0 Å². The second-order valence-corrected chi connectivity index (χ2v) is 3.36. The molecule has 1 aliphatic rings. The summed E-state index contributed by atoms with van der Waals surface area (Å²) in [5, 5.41) is 2.79. The quantitative estimate of drug-likeness (QED) is 0.529. The highest BCUT2D eigenvalue weighted by Gasteiger charge is 2.41. The molecule has 10 heavy (non-hydrogen) atoms. The molecule has 0 aromatic heterocycles. The number of nitrogens with one attached hydrogen (secondary N) is 1. The smallest absolute Gasteiger partial charge is 0.226 e. The highest BCUT2D eigenvalue weighted by Crippen LogP contribution is 2.30. The first-order valence-electron chi connectivity index (χ1n) is 3.57. The van der Waals surface area contributed by atoms with Gasteiger partial charge in [-0.3, -0.25) is 4.79 Å². The van der Waals surface area contributed by atoms with Crippen LogP contribution in [0.5, 0.6) is 0 Å². The molecule has 1 aliphatic heterocycles. The second kappa shape index (κ2) is 2.23. The molecule has 0 aromatic rings. The highest BCUT2D eigenvalue weighted by molar-refractivity contribution is 5.84. The standard InChI is InChI=1S/C7H14N2O/c1-7(2)5(3-8)4-9-6(7)10/h5H,3-4,8H2,1-2H3,(H,9,10). The Morgan fingerprint density at radius 1 is 1.80 bits per heavy atom. The lowest BCUT2D eigenvalue weighted by Gasteiger charge is -2.21. The van der Waals surface area contributed by atoms with Crippen LogP contribution in [0.4, 0.5) is 0 Å². The van der Waals surface area contributed by atoms with Gasteiger partial charge in [0.2, 0.25) is 5.91 Å². The fourth-order valence-electron chi connectivity index (χ4n) is 1.26. The van der Waals surface area contributed by atoms with E-state index in [2.05, 4.69) is 5.32 Å². The van der Waals surface area contributed by atoms with E-state index < -0.39 is 0 Å². The Bertz CT molecular complexity index is 154. The van der Waals surface area contributed by atoms with E-state index in [1.165, 1.54) is 0 Å². The van der Waals surface area contributed by atoms with E-state index in [1.54, 1.807) is 0 Å². The maximum absolute atomic E-state index is 11.1. The number of carbonyl (C=O) groups is 1. The van der Waals surface area contributed by atoms with Gasteiger partial charge in [-0.05, 0) is 6.54 Å². The Hall–Kier alpha value is -0.570. The average Bonchev–Trinajstić information content (AvgIpc) is 2.10. The van der Waals surface area contributed by atoms with Gasteiger partial charge in [-0.15, -0.1) is 0 Å². The molecule has 0 saturated carbocycles. The zero-order valence-corrected chi connectivity index (χ0v) is 6.48. The minimum absolute atomic E-state index is 0.128. The summed E-state index contributed by atoms with van der Waals surface area (Å²) >= 11 is 0. The molecule has 1 fully saturated rings. The monoisotopic (exact) mass is 142 g/mol. The lowest BCUT2D eigenvalue weighted by Crippen LogP contribution is -2.32. The summed E-state index contributed by atoms with van der Waals surface area (Å²) in [5.74, 6) is 0.433. The van der Waals surface area contributed by atoms with Crippen LogP contribution < -0.4 is 11.1 Å². The van der Waals surface area contributed by atoms with Crippen molar-refractivity contribution in [3.63, 3.8) is 0 Å². The number of rotatable bonds is 1.